The van der Waals surface area contributed by atoms with Crippen molar-refractivity contribution in [3.63, 3.8) is 0 Å². The van der Waals surface area contributed by atoms with E-state index in [1.54, 1.807) is 0 Å². The molecule has 0 rings (SSSR count). The predicted molar refractivity (Wildman–Crippen MR) is 56.8 cm³/mol. The third-order valence-electron chi connectivity index (χ3n) is 1.73. The SMILES string of the molecule is C=C/C=C(\C(C)=N/CC)C(C)C. The molecule has 0 aliphatic rings. The first kappa shape index (κ1) is 11.2. The summed E-state index contributed by atoms with van der Waals surface area (Å²) in [5, 5.41) is 0. The van der Waals surface area contributed by atoms with Crippen LogP contribution in [-0.2, 0) is 0 Å². The van der Waals surface area contributed by atoms with Crippen LogP contribution in [0.2, 0.25) is 0 Å². The van der Waals surface area contributed by atoms with Gasteiger partial charge in [-0.25, -0.2) is 0 Å². The summed E-state index contributed by atoms with van der Waals surface area (Å²) in [6, 6.07) is 0. The quantitative estimate of drug-likeness (QED) is 0.448. The Hall–Kier alpha value is -0.850. The molecule has 0 N–H and O–H groups in total. The first-order valence-electron chi connectivity index (χ1n) is 4.47. The molecule has 1 heteroatoms. The van der Waals surface area contributed by atoms with E-state index in [-0.39, 0.29) is 0 Å². The molecule has 0 saturated heterocycles. The van der Waals surface area contributed by atoms with E-state index in [1.807, 2.05) is 12.2 Å². The molecule has 0 radical (unpaired) electrons. The van der Waals surface area contributed by atoms with Crippen molar-refractivity contribution in [1.29, 1.82) is 0 Å². The third-order valence-corrected chi connectivity index (χ3v) is 1.73. The first-order valence-corrected chi connectivity index (χ1v) is 4.47. The van der Waals surface area contributed by atoms with Gasteiger partial charge in [0.25, 0.3) is 0 Å². The molecule has 0 unspecified atom stereocenters. The number of hydrogen-bond donors (Lipinski definition) is 0. The predicted octanol–water partition coefficient (Wildman–Crippen LogP) is 3.24. The van der Waals surface area contributed by atoms with Crippen LogP contribution in [-0.4, -0.2) is 12.3 Å². The van der Waals surface area contributed by atoms with Gasteiger partial charge >= 0.3 is 0 Å². The maximum absolute atomic E-state index is 4.37. The van der Waals surface area contributed by atoms with Gasteiger partial charge in [-0.2, -0.15) is 0 Å². The molecular formula is C11H19N. The lowest BCUT2D eigenvalue weighted by molar-refractivity contribution is 0.800. The average molecular weight is 165 g/mol. The smallest absolute Gasteiger partial charge is 0.0364 e. The van der Waals surface area contributed by atoms with Gasteiger partial charge in [-0.1, -0.05) is 32.6 Å². The molecule has 1 nitrogen and oxygen atoms in total. The Morgan fingerprint density at radius 1 is 1.50 bits per heavy atom. The van der Waals surface area contributed by atoms with Crippen molar-refractivity contribution in [1.82, 2.24) is 0 Å². The highest BCUT2D eigenvalue weighted by atomic mass is 14.7. The molecule has 0 aromatic carbocycles. The molecule has 12 heavy (non-hydrogen) atoms. The summed E-state index contributed by atoms with van der Waals surface area (Å²) in [5.41, 5.74) is 2.42. The fourth-order valence-corrected chi connectivity index (χ4v) is 1.19. The fraction of sp³-hybridized carbons (Fsp3) is 0.545. The highest BCUT2D eigenvalue weighted by Crippen LogP contribution is 2.11. The minimum absolute atomic E-state index is 0.526. The van der Waals surface area contributed by atoms with E-state index in [0.717, 1.165) is 12.3 Å². The Labute approximate surface area is 75.9 Å². The number of hydrogen-bond acceptors (Lipinski definition) is 1. The molecule has 0 atom stereocenters. The summed E-state index contributed by atoms with van der Waals surface area (Å²) in [6.45, 7) is 13.0. The van der Waals surface area contributed by atoms with Crippen LogP contribution in [0.4, 0.5) is 0 Å². The van der Waals surface area contributed by atoms with Crippen LogP contribution in [0.1, 0.15) is 27.7 Å². The van der Waals surface area contributed by atoms with Crippen LogP contribution in [0, 0.1) is 5.92 Å². The van der Waals surface area contributed by atoms with Crippen LogP contribution >= 0.6 is 0 Å². The lowest BCUT2D eigenvalue weighted by Crippen LogP contribution is -2.04. The molecule has 68 valence electrons. The Morgan fingerprint density at radius 3 is 2.42 bits per heavy atom. The zero-order valence-electron chi connectivity index (χ0n) is 8.59. The second kappa shape index (κ2) is 5.76. The lowest BCUT2D eigenvalue weighted by atomic mass is 9.99. The molecule has 0 amide bonds. The Kier molecular flexibility index (Phi) is 5.35. The van der Waals surface area contributed by atoms with Gasteiger partial charge in [-0.05, 0) is 25.3 Å². The normalized spacial score (nSPS) is 13.8. The van der Waals surface area contributed by atoms with E-state index in [0.29, 0.717) is 5.92 Å². The number of allylic oxidation sites excluding steroid dienone is 3. The second-order valence-corrected chi connectivity index (χ2v) is 3.07. The molecule has 0 heterocycles. The standard InChI is InChI=1S/C11H19N/c1-6-8-11(9(3)4)10(5)12-7-2/h6,8-9H,1,7H2,2-5H3/b11-8-,12-10-. The van der Waals surface area contributed by atoms with Crippen molar-refractivity contribution < 1.29 is 0 Å². The van der Waals surface area contributed by atoms with Crippen molar-refractivity contribution >= 4 is 5.71 Å². The Balaban J connectivity index is 4.63. The van der Waals surface area contributed by atoms with Crippen molar-refractivity contribution in [2.24, 2.45) is 10.9 Å². The van der Waals surface area contributed by atoms with Crippen molar-refractivity contribution in [3.05, 3.63) is 24.3 Å². The summed E-state index contributed by atoms with van der Waals surface area (Å²) in [7, 11) is 0. The summed E-state index contributed by atoms with van der Waals surface area (Å²) < 4.78 is 0. The fourth-order valence-electron chi connectivity index (χ4n) is 1.19. The molecule has 0 aromatic rings. The van der Waals surface area contributed by atoms with Gasteiger partial charge in [0, 0.05) is 12.3 Å². The Bertz CT molecular complexity index is 197. The van der Waals surface area contributed by atoms with Crippen LogP contribution in [0.15, 0.2) is 29.3 Å². The van der Waals surface area contributed by atoms with E-state index in [1.165, 1.54) is 5.57 Å². The largest absolute Gasteiger partial charge is 0.290 e. The lowest BCUT2D eigenvalue weighted by Gasteiger charge is -2.09. The zero-order chi connectivity index (χ0) is 9.56. The summed E-state index contributed by atoms with van der Waals surface area (Å²) >= 11 is 0. The van der Waals surface area contributed by atoms with Gasteiger partial charge in [0.15, 0.2) is 0 Å². The van der Waals surface area contributed by atoms with Gasteiger partial charge in [-0.3, -0.25) is 4.99 Å². The van der Waals surface area contributed by atoms with Crippen LogP contribution in [0.25, 0.3) is 0 Å². The summed E-state index contributed by atoms with van der Waals surface area (Å²) in [5.74, 6) is 0.526. The maximum Gasteiger partial charge on any atom is 0.0364 e. The number of aliphatic imine (C=N–C) groups is 1. The molecule has 0 aromatic heterocycles. The molecule has 0 aliphatic carbocycles. The number of rotatable bonds is 4. The van der Waals surface area contributed by atoms with Crippen LogP contribution < -0.4 is 0 Å². The summed E-state index contributed by atoms with van der Waals surface area (Å²) in [4.78, 5) is 4.37. The topological polar surface area (TPSA) is 12.4 Å². The first-order chi connectivity index (χ1) is 5.63. The van der Waals surface area contributed by atoms with E-state index < -0.39 is 0 Å². The summed E-state index contributed by atoms with van der Waals surface area (Å²) in [6.07, 6.45) is 3.86. The molecule has 0 fully saturated rings. The van der Waals surface area contributed by atoms with Gasteiger partial charge < -0.3 is 0 Å². The van der Waals surface area contributed by atoms with E-state index >= 15 is 0 Å². The monoisotopic (exact) mass is 165 g/mol. The second-order valence-electron chi connectivity index (χ2n) is 3.07. The van der Waals surface area contributed by atoms with Gasteiger partial charge in [0.2, 0.25) is 0 Å². The highest BCUT2D eigenvalue weighted by Gasteiger charge is 2.04. The molecule has 0 aliphatic heterocycles. The van der Waals surface area contributed by atoms with E-state index in [2.05, 4.69) is 39.3 Å². The maximum atomic E-state index is 4.37. The molecule has 0 saturated carbocycles. The van der Waals surface area contributed by atoms with Crippen molar-refractivity contribution in [2.75, 3.05) is 6.54 Å². The minimum Gasteiger partial charge on any atom is -0.290 e. The van der Waals surface area contributed by atoms with E-state index in [9.17, 15) is 0 Å². The van der Waals surface area contributed by atoms with Gasteiger partial charge in [0.05, 0.1) is 0 Å². The van der Waals surface area contributed by atoms with E-state index in [4.69, 9.17) is 0 Å². The van der Waals surface area contributed by atoms with Crippen molar-refractivity contribution in [2.45, 2.75) is 27.7 Å². The molecular weight excluding hydrogens is 146 g/mol. The van der Waals surface area contributed by atoms with Gasteiger partial charge in [-0.15, -0.1) is 0 Å². The number of nitrogens with zero attached hydrogens (tertiary/aromatic N) is 1. The van der Waals surface area contributed by atoms with Gasteiger partial charge in [0.1, 0.15) is 0 Å². The minimum atomic E-state index is 0.526. The average Bonchev–Trinajstić information content (AvgIpc) is 1.99. The molecule has 0 bridgehead atoms. The third kappa shape index (κ3) is 3.51. The van der Waals surface area contributed by atoms with Crippen LogP contribution in [0.3, 0.4) is 0 Å². The van der Waals surface area contributed by atoms with Crippen molar-refractivity contribution in [3.8, 4) is 0 Å². The Morgan fingerprint density at radius 2 is 2.08 bits per heavy atom. The van der Waals surface area contributed by atoms with Crippen LogP contribution in [0.5, 0.6) is 0 Å². The molecule has 0 spiro atoms. The highest BCUT2D eigenvalue weighted by molar-refractivity contribution is 5.98. The zero-order valence-corrected chi connectivity index (χ0v) is 8.59.